The third-order valence-electron chi connectivity index (χ3n) is 8.93. The van der Waals surface area contributed by atoms with Gasteiger partial charge in [-0.15, -0.1) is 0 Å². The van der Waals surface area contributed by atoms with Gasteiger partial charge >= 0.3 is 0 Å². The van der Waals surface area contributed by atoms with Crippen LogP contribution >= 0.6 is 11.6 Å². The zero-order valence-electron chi connectivity index (χ0n) is 30.2. The van der Waals surface area contributed by atoms with Crippen LogP contribution in [0.2, 0.25) is 5.02 Å². The number of carbonyl (C=O) groups is 1. The van der Waals surface area contributed by atoms with Crippen LogP contribution in [0.15, 0.2) is 103 Å². The molecule has 2 heterocycles. The maximum absolute atomic E-state index is 13.7. The highest BCUT2D eigenvalue weighted by molar-refractivity contribution is 6.32. The molecule has 6 rings (SSSR count). The second-order valence-corrected chi connectivity index (χ2v) is 13.4. The highest BCUT2D eigenvalue weighted by atomic mass is 35.5. The molecule has 1 aromatic heterocycles. The fraction of sp³-hybridized carbons (Fsp3) is 0.256. The summed E-state index contributed by atoms with van der Waals surface area (Å²) >= 11 is 6.62. The van der Waals surface area contributed by atoms with E-state index in [4.69, 9.17) is 30.5 Å². The van der Waals surface area contributed by atoms with E-state index in [1.54, 1.807) is 43.7 Å². The largest absolute Gasteiger partial charge is 0.497 e. The summed E-state index contributed by atoms with van der Waals surface area (Å²) in [6.45, 7) is 8.35. The van der Waals surface area contributed by atoms with Crippen LogP contribution in [-0.4, -0.2) is 60.6 Å². The predicted molar refractivity (Wildman–Crippen MR) is 205 cm³/mol. The van der Waals surface area contributed by atoms with E-state index in [9.17, 15) is 9.18 Å². The molecule has 0 spiro atoms. The molecule has 0 unspecified atom stereocenters. The molecule has 1 aliphatic rings. The molecule has 0 N–H and O–H groups in total. The lowest BCUT2D eigenvalue weighted by Gasteiger charge is -2.34. The van der Waals surface area contributed by atoms with Crippen molar-refractivity contribution in [2.24, 2.45) is 0 Å². The van der Waals surface area contributed by atoms with E-state index in [1.807, 2.05) is 55.1 Å². The number of pyridine rings is 1. The molecule has 1 aliphatic heterocycles. The number of carbonyl (C=O) groups excluding carboxylic acids is 1. The van der Waals surface area contributed by atoms with Crippen molar-refractivity contribution in [2.75, 3.05) is 39.9 Å². The van der Waals surface area contributed by atoms with Crippen molar-refractivity contribution in [3.8, 4) is 28.9 Å². The molecule has 4 aromatic carbocycles. The Balaban J connectivity index is 0.929. The molecule has 274 valence electrons. The van der Waals surface area contributed by atoms with Crippen molar-refractivity contribution in [2.45, 2.75) is 33.4 Å². The minimum absolute atomic E-state index is 0.0287. The summed E-state index contributed by atoms with van der Waals surface area (Å²) in [5.41, 5.74) is 5.65. The molecule has 1 fully saturated rings. The smallest absolute Gasteiger partial charge is 0.246 e. The number of halogens is 2. The summed E-state index contributed by atoms with van der Waals surface area (Å²) in [5, 5.41) is 0.407. The summed E-state index contributed by atoms with van der Waals surface area (Å²) in [7, 11) is 1.65. The van der Waals surface area contributed by atoms with Crippen molar-refractivity contribution in [1.29, 1.82) is 0 Å². The molecule has 10 heteroatoms. The number of hydrogen-bond donors (Lipinski definition) is 0. The van der Waals surface area contributed by atoms with Crippen LogP contribution in [0.4, 0.5) is 4.39 Å². The van der Waals surface area contributed by atoms with Crippen molar-refractivity contribution in [1.82, 2.24) is 14.8 Å². The number of amides is 1. The van der Waals surface area contributed by atoms with Gasteiger partial charge in [0.05, 0.1) is 24.9 Å². The van der Waals surface area contributed by atoms with Crippen molar-refractivity contribution >= 4 is 23.6 Å². The Bertz CT molecular complexity index is 1970. The molecule has 0 radical (unpaired) electrons. The Labute approximate surface area is 315 Å². The molecule has 5 aromatic rings. The molecule has 0 atom stereocenters. The lowest BCUT2D eigenvalue weighted by atomic mass is 10.1. The zero-order valence-corrected chi connectivity index (χ0v) is 30.9. The molecule has 1 amide bonds. The van der Waals surface area contributed by atoms with Gasteiger partial charge in [-0.2, -0.15) is 0 Å². The minimum atomic E-state index is -0.292. The van der Waals surface area contributed by atoms with Gasteiger partial charge in [0.1, 0.15) is 29.7 Å². The average Bonchev–Trinajstić information content (AvgIpc) is 3.16. The summed E-state index contributed by atoms with van der Waals surface area (Å²) in [6.07, 6.45) is 5.76. The Morgan fingerprint density at radius 3 is 2.23 bits per heavy atom. The predicted octanol–water partition coefficient (Wildman–Crippen LogP) is 8.85. The number of aromatic nitrogens is 1. The van der Waals surface area contributed by atoms with Crippen LogP contribution < -0.4 is 18.9 Å². The molecular formula is C43H43ClFN3O5. The van der Waals surface area contributed by atoms with Crippen LogP contribution in [0.25, 0.3) is 6.08 Å². The first-order chi connectivity index (χ1) is 25.7. The molecular weight excluding hydrogens is 693 g/mol. The number of nitrogens with zero attached hydrogens (tertiary/aromatic N) is 3. The van der Waals surface area contributed by atoms with E-state index < -0.39 is 0 Å². The van der Waals surface area contributed by atoms with Gasteiger partial charge in [0.25, 0.3) is 0 Å². The lowest BCUT2D eigenvalue weighted by molar-refractivity contribution is -0.127. The lowest BCUT2D eigenvalue weighted by Crippen LogP contribution is -2.47. The van der Waals surface area contributed by atoms with E-state index in [2.05, 4.69) is 34.1 Å². The zero-order chi connectivity index (χ0) is 37.2. The first-order valence-corrected chi connectivity index (χ1v) is 18.0. The number of benzene rings is 4. The Morgan fingerprint density at radius 2 is 1.55 bits per heavy atom. The van der Waals surface area contributed by atoms with Gasteiger partial charge in [0, 0.05) is 51.3 Å². The number of rotatable bonds is 14. The van der Waals surface area contributed by atoms with Crippen LogP contribution in [0.5, 0.6) is 28.9 Å². The molecule has 0 bridgehead atoms. The summed E-state index contributed by atoms with van der Waals surface area (Å²) in [6, 6.07) is 28.2. The van der Waals surface area contributed by atoms with E-state index in [-0.39, 0.29) is 18.3 Å². The monoisotopic (exact) mass is 735 g/mol. The quantitative estimate of drug-likeness (QED) is 0.106. The third-order valence-corrected chi connectivity index (χ3v) is 9.21. The van der Waals surface area contributed by atoms with Gasteiger partial charge < -0.3 is 23.8 Å². The van der Waals surface area contributed by atoms with Gasteiger partial charge in [-0.05, 0) is 108 Å². The maximum atomic E-state index is 13.7. The summed E-state index contributed by atoms with van der Waals surface area (Å²) in [5.74, 6) is 2.68. The molecule has 53 heavy (non-hydrogen) atoms. The Morgan fingerprint density at radius 1 is 0.830 bits per heavy atom. The van der Waals surface area contributed by atoms with Crippen molar-refractivity contribution in [3.05, 3.63) is 147 Å². The normalized spacial score (nSPS) is 13.3. The SMILES string of the molecule is COc1ccc(OCCc2ccc(CN3CCN(C(=O)C=Cc4cc(C)c(Oc5ccc(OCc6cc(C)cc(F)c6)cn5)c(Cl)c4)CC3)cc2)cc1. The van der Waals surface area contributed by atoms with Crippen LogP contribution in [0.3, 0.4) is 0 Å². The maximum Gasteiger partial charge on any atom is 0.246 e. The molecule has 8 nitrogen and oxygen atoms in total. The number of methoxy groups -OCH3 is 1. The fourth-order valence-electron chi connectivity index (χ4n) is 6.09. The minimum Gasteiger partial charge on any atom is -0.497 e. The number of ether oxygens (including phenoxy) is 4. The van der Waals surface area contributed by atoms with E-state index >= 15 is 0 Å². The van der Waals surface area contributed by atoms with Crippen molar-refractivity contribution in [3.63, 3.8) is 0 Å². The van der Waals surface area contributed by atoms with Crippen LogP contribution in [-0.2, 0) is 24.4 Å². The van der Waals surface area contributed by atoms with Crippen molar-refractivity contribution < 1.29 is 28.1 Å². The number of aryl methyl sites for hydroxylation is 2. The highest BCUT2D eigenvalue weighted by Gasteiger charge is 2.20. The molecule has 0 aliphatic carbocycles. The van der Waals surface area contributed by atoms with Crippen LogP contribution in [0.1, 0.15) is 33.4 Å². The Kier molecular flexibility index (Phi) is 12.6. The van der Waals surface area contributed by atoms with Gasteiger partial charge in [-0.25, -0.2) is 9.37 Å². The summed E-state index contributed by atoms with van der Waals surface area (Å²) in [4.78, 5) is 21.6. The molecule has 0 saturated carbocycles. The van der Waals surface area contributed by atoms with E-state index in [1.165, 1.54) is 23.3 Å². The first-order valence-electron chi connectivity index (χ1n) is 17.6. The van der Waals surface area contributed by atoms with Gasteiger partial charge in [-0.3, -0.25) is 9.69 Å². The van der Waals surface area contributed by atoms with E-state index in [0.29, 0.717) is 42.1 Å². The Hall–Kier alpha value is -5.38. The highest BCUT2D eigenvalue weighted by Crippen LogP contribution is 2.34. The van der Waals surface area contributed by atoms with Gasteiger partial charge in [0.15, 0.2) is 5.75 Å². The number of piperazine rings is 1. The summed E-state index contributed by atoms with van der Waals surface area (Å²) < 4.78 is 36.5. The second-order valence-electron chi connectivity index (χ2n) is 13.0. The number of hydrogen-bond acceptors (Lipinski definition) is 7. The van der Waals surface area contributed by atoms with Gasteiger partial charge in [0.2, 0.25) is 11.8 Å². The topological polar surface area (TPSA) is 73.4 Å². The third kappa shape index (κ3) is 10.8. The van der Waals surface area contributed by atoms with Gasteiger partial charge in [-0.1, -0.05) is 41.9 Å². The molecule has 1 saturated heterocycles. The van der Waals surface area contributed by atoms with Crippen LogP contribution in [0, 0.1) is 19.7 Å². The average molecular weight is 736 g/mol. The fourth-order valence-corrected chi connectivity index (χ4v) is 6.40. The van der Waals surface area contributed by atoms with E-state index in [0.717, 1.165) is 59.8 Å². The standard InChI is InChI=1S/C43H43ClFN3O5/c1-30-22-35(25-36(45)23-30)29-52-39-13-14-41(46-27-39)53-43-31(2)24-34(26-40(43)44)8-15-42(49)48-19-17-47(18-20-48)28-33-6-4-32(5-7-33)16-21-51-38-11-9-37(50-3)10-12-38/h4-15,22-27H,16-21,28-29H2,1-3H3. The first kappa shape index (κ1) is 37.4. The second kappa shape index (κ2) is 17.9.